The smallest absolute Gasteiger partial charge is 0.410 e. The first-order chi connectivity index (χ1) is 9.42. The first-order valence-corrected chi connectivity index (χ1v) is 7.78. The van der Waals surface area contributed by atoms with Crippen molar-refractivity contribution in [3.05, 3.63) is 0 Å². The molecule has 1 aliphatic rings. The van der Waals surface area contributed by atoms with Crippen molar-refractivity contribution in [3.8, 4) is 0 Å². The third-order valence-corrected chi connectivity index (χ3v) is 2.95. The van der Waals surface area contributed by atoms with E-state index in [9.17, 15) is 4.79 Å². The minimum Gasteiger partial charge on any atom is -0.444 e. The van der Waals surface area contributed by atoms with E-state index in [4.69, 9.17) is 4.74 Å². The molecule has 0 bridgehead atoms. The van der Waals surface area contributed by atoms with Crippen LogP contribution in [0.4, 0.5) is 4.79 Å². The monoisotopic (exact) mass is 287 g/mol. The predicted octanol–water partition coefficient (Wildman–Crippen LogP) is 2.22. The van der Waals surface area contributed by atoms with E-state index < -0.39 is 5.60 Å². The minimum atomic E-state index is -0.404. The van der Waals surface area contributed by atoms with Gasteiger partial charge in [-0.05, 0) is 40.7 Å². The van der Waals surface area contributed by atoms with E-state index in [2.05, 4.69) is 10.6 Å². The molecule has 1 heterocycles. The van der Waals surface area contributed by atoms with Gasteiger partial charge < -0.3 is 20.3 Å². The summed E-state index contributed by atoms with van der Waals surface area (Å²) in [6, 6.07) is 0.525. The molecule has 2 N–H and O–H groups in total. The Morgan fingerprint density at radius 2 is 1.75 bits per heavy atom. The van der Waals surface area contributed by atoms with E-state index in [1.54, 1.807) is 0 Å². The summed E-state index contributed by atoms with van der Waals surface area (Å²) in [5.74, 6) is 0. The number of nitrogens with zero attached hydrogens (tertiary/aromatic N) is 1. The van der Waals surface area contributed by atoms with Crippen LogP contribution >= 0.6 is 0 Å². The van der Waals surface area contributed by atoms with Gasteiger partial charge in [-0.25, -0.2) is 4.79 Å². The number of nitrogens with one attached hydrogen (secondary N) is 2. The topological polar surface area (TPSA) is 53.6 Å². The highest BCUT2D eigenvalue weighted by molar-refractivity contribution is 5.68. The van der Waals surface area contributed by atoms with Crippen LogP contribution in [0.3, 0.4) is 0 Å². The van der Waals surface area contributed by atoms with Crippen molar-refractivity contribution >= 4 is 6.09 Å². The van der Waals surface area contributed by atoms with Gasteiger partial charge in [0.25, 0.3) is 0 Å². The Morgan fingerprint density at radius 3 is 2.20 bits per heavy atom. The fourth-order valence-electron chi connectivity index (χ4n) is 1.99. The molecular weight excluding hydrogens is 254 g/mol. The molecule has 0 aromatic heterocycles. The van der Waals surface area contributed by atoms with Gasteiger partial charge in [0.2, 0.25) is 0 Å². The van der Waals surface area contributed by atoms with Crippen LogP contribution in [-0.4, -0.2) is 55.9 Å². The summed E-state index contributed by atoms with van der Waals surface area (Å²) in [5.41, 5.74) is -0.404. The highest BCUT2D eigenvalue weighted by Gasteiger charge is 2.26. The maximum Gasteiger partial charge on any atom is 0.410 e. The van der Waals surface area contributed by atoms with Gasteiger partial charge in [0, 0.05) is 32.2 Å². The van der Waals surface area contributed by atoms with Gasteiger partial charge in [-0.3, -0.25) is 0 Å². The number of carbonyl (C=O) groups is 1. The van der Waals surface area contributed by atoms with Gasteiger partial charge in [0.15, 0.2) is 0 Å². The molecule has 0 radical (unpaired) electrons. The van der Waals surface area contributed by atoms with Crippen LogP contribution in [0.1, 0.15) is 47.5 Å². The van der Waals surface area contributed by atoms with Crippen LogP contribution < -0.4 is 10.6 Å². The van der Waals surface area contributed by atoms with Crippen molar-refractivity contribution in [2.45, 2.75) is 59.1 Å². The predicted molar refractivity (Wildman–Crippen MR) is 84.1 cm³/mol. The lowest BCUT2D eigenvalue weighted by atomic mass is 10.1. The number of rotatable bonds is 4. The fraction of sp³-hybridized carbons (Fsp3) is 0.933. The molecular formula is C15H33N3O2. The van der Waals surface area contributed by atoms with Gasteiger partial charge in [0.1, 0.15) is 5.60 Å². The van der Waals surface area contributed by atoms with E-state index in [0.29, 0.717) is 6.04 Å². The lowest BCUT2D eigenvalue weighted by Gasteiger charge is -2.33. The second kappa shape index (κ2) is 10.00. The molecule has 5 nitrogen and oxygen atoms in total. The normalized spacial score (nSPS) is 16.4. The Balaban J connectivity index is 0.00000172. The van der Waals surface area contributed by atoms with Gasteiger partial charge in [0.05, 0.1) is 0 Å². The molecule has 1 amide bonds. The summed E-state index contributed by atoms with van der Waals surface area (Å²) in [7, 11) is 1.95. The molecule has 1 aliphatic heterocycles. The second-order valence-electron chi connectivity index (χ2n) is 5.80. The van der Waals surface area contributed by atoms with E-state index in [1.807, 2.05) is 46.6 Å². The van der Waals surface area contributed by atoms with E-state index >= 15 is 0 Å². The van der Waals surface area contributed by atoms with Crippen LogP contribution in [-0.2, 0) is 4.74 Å². The third-order valence-electron chi connectivity index (χ3n) is 2.95. The molecule has 1 saturated heterocycles. The van der Waals surface area contributed by atoms with Crippen LogP contribution in [0.15, 0.2) is 0 Å². The van der Waals surface area contributed by atoms with Crippen molar-refractivity contribution in [3.63, 3.8) is 0 Å². The summed E-state index contributed by atoms with van der Waals surface area (Å²) in [6.07, 6.45) is 1.82. The van der Waals surface area contributed by atoms with Crippen LogP contribution in [0, 0.1) is 0 Å². The highest BCUT2D eigenvalue weighted by Crippen LogP contribution is 2.15. The Morgan fingerprint density at radius 1 is 1.20 bits per heavy atom. The minimum absolute atomic E-state index is 0.184. The first kappa shape index (κ1) is 19.2. The van der Waals surface area contributed by atoms with E-state index in [0.717, 1.165) is 39.0 Å². The zero-order valence-electron chi connectivity index (χ0n) is 14.1. The Hall–Kier alpha value is -0.810. The number of ether oxygens (including phenoxy) is 1. The average molecular weight is 287 g/mol. The molecule has 0 aromatic carbocycles. The molecule has 1 fully saturated rings. The van der Waals surface area contributed by atoms with Crippen molar-refractivity contribution in [2.75, 3.05) is 33.2 Å². The molecule has 20 heavy (non-hydrogen) atoms. The lowest BCUT2D eigenvalue weighted by molar-refractivity contribution is 0.0198. The zero-order chi connectivity index (χ0) is 15.6. The maximum absolute atomic E-state index is 11.9. The summed E-state index contributed by atoms with van der Waals surface area (Å²) in [4.78, 5) is 13.7. The van der Waals surface area contributed by atoms with Gasteiger partial charge >= 0.3 is 6.09 Å². The SMILES string of the molecule is CC.CNCCNC1CCN(C(=O)OC(C)(C)C)CC1. The summed E-state index contributed by atoms with van der Waals surface area (Å²) in [6.45, 7) is 13.2. The van der Waals surface area contributed by atoms with Crippen LogP contribution in [0.5, 0.6) is 0 Å². The summed E-state index contributed by atoms with van der Waals surface area (Å²) < 4.78 is 5.37. The number of hydrogen-bond acceptors (Lipinski definition) is 4. The summed E-state index contributed by atoms with van der Waals surface area (Å²) >= 11 is 0. The zero-order valence-corrected chi connectivity index (χ0v) is 14.1. The van der Waals surface area contributed by atoms with Crippen molar-refractivity contribution in [1.29, 1.82) is 0 Å². The van der Waals surface area contributed by atoms with E-state index in [1.165, 1.54) is 0 Å². The number of carbonyl (C=O) groups excluding carboxylic acids is 1. The molecule has 0 atom stereocenters. The quantitative estimate of drug-likeness (QED) is 0.779. The van der Waals surface area contributed by atoms with Crippen molar-refractivity contribution in [1.82, 2.24) is 15.5 Å². The van der Waals surface area contributed by atoms with Gasteiger partial charge in [-0.15, -0.1) is 0 Å². The number of piperidine rings is 1. The van der Waals surface area contributed by atoms with E-state index in [-0.39, 0.29) is 6.09 Å². The Bertz CT molecular complexity index is 256. The average Bonchev–Trinajstić information content (AvgIpc) is 2.40. The molecule has 1 rings (SSSR count). The largest absolute Gasteiger partial charge is 0.444 e. The molecule has 0 saturated carbocycles. The Labute approximate surface area is 124 Å². The van der Waals surface area contributed by atoms with Gasteiger partial charge in [-0.1, -0.05) is 13.8 Å². The number of likely N-dealkylation sites (tertiary alicyclic amines) is 1. The molecule has 120 valence electrons. The number of likely N-dealkylation sites (N-methyl/N-ethyl adjacent to an activating group) is 1. The molecule has 0 unspecified atom stereocenters. The summed E-state index contributed by atoms with van der Waals surface area (Å²) in [5, 5.41) is 6.60. The number of hydrogen-bond donors (Lipinski definition) is 2. The molecule has 5 heteroatoms. The van der Waals surface area contributed by atoms with Crippen LogP contribution in [0.25, 0.3) is 0 Å². The molecule has 0 aliphatic carbocycles. The highest BCUT2D eigenvalue weighted by atomic mass is 16.6. The third kappa shape index (κ3) is 8.38. The Kier molecular flexibility index (Phi) is 9.59. The molecule has 0 aromatic rings. The lowest BCUT2D eigenvalue weighted by Crippen LogP contribution is -2.47. The number of amides is 1. The maximum atomic E-state index is 11.9. The van der Waals surface area contributed by atoms with Crippen molar-refractivity contribution < 1.29 is 9.53 Å². The molecule has 0 spiro atoms. The van der Waals surface area contributed by atoms with Gasteiger partial charge in [-0.2, -0.15) is 0 Å². The van der Waals surface area contributed by atoms with Crippen LogP contribution in [0.2, 0.25) is 0 Å². The standard InChI is InChI=1S/C13H27N3O2.C2H6/c1-13(2,3)18-12(17)16-9-5-11(6-10-16)15-8-7-14-4;1-2/h11,14-15H,5-10H2,1-4H3;1-2H3. The first-order valence-electron chi connectivity index (χ1n) is 7.78. The fourth-order valence-corrected chi connectivity index (χ4v) is 1.99. The van der Waals surface area contributed by atoms with Crippen molar-refractivity contribution in [2.24, 2.45) is 0 Å². The second-order valence-corrected chi connectivity index (χ2v) is 5.80.